The molecule has 31 heavy (non-hydrogen) atoms. The molecule has 5 rings (SSSR count). The minimum atomic E-state index is -0.263. The van der Waals surface area contributed by atoms with E-state index in [2.05, 4.69) is 16.1 Å². The van der Waals surface area contributed by atoms with Gasteiger partial charge in [0.25, 0.3) is 5.91 Å². The zero-order chi connectivity index (χ0) is 21.2. The highest BCUT2D eigenvalue weighted by Gasteiger charge is 2.33. The Morgan fingerprint density at radius 3 is 2.77 bits per heavy atom. The van der Waals surface area contributed by atoms with Gasteiger partial charge in [0.2, 0.25) is 5.95 Å². The van der Waals surface area contributed by atoms with Gasteiger partial charge in [-0.3, -0.25) is 9.48 Å². The van der Waals surface area contributed by atoms with Gasteiger partial charge in [-0.15, -0.1) is 0 Å². The van der Waals surface area contributed by atoms with E-state index >= 15 is 0 Å². The number of likely N-dealkylation sites (tertiary alicyclic amines) is 1. The molecule has 3 aliphatic rings. The predicted molar refractivity (Wildman–Crippen MR) is 118 cm³/mol. The Morgan fingerprint density at radius 1 is 1.10 bits per heavy atom. The highest BCUT2D eigenvalue weighted by Crippen LogP contribution is 2.34. The second-order valence-electron chi connectivity index (χ2n) is 9.02. The third-order valence-corrected chi connectivity index (χ3v) is 6.74. The number of rotatable bonds is 4. The van der Waals surface area contributed by atoms with Crippen LogP contribution >= 0.6 is 0 Å². The maximum absolute atomic E-state index is 13.0. The fraction of sp³-hybridized carbons (Fsp3) is 0.652. The minimum Gasteiger partial charge on any atom is -0.368 e. The van der Waals surface area contributed by atoms with E-state index in [1.807, 2.05) is 28.9 Å². The van der Waals surface area contributed by atoms with Crippen LogP contribution in [0.4, 0.5) is 5.95 Å². The minimum absolute atomic E-state index is 0.153. The Balaban J connectivity index is 1.37. The van der Waals surface area contributed by atoms with Crippen LogP contribution < -0.4 is 4.90 Å². The summed E-state index contributed by atoms with van der Waals surface area (Å²) in [7, 11) is 1.96. The van der Waals surface area contributed by atoms with Crippen LogP contribution in [0.3, 0.4) is 0 Å². The topological polar surface area (TPSA) is 76.4 Å². The first-order valence-electron chi connectivity index (χ1n) is 11.7. The molecule has 0 unspecified atom stereocenters. The molecule has 0 spiro atoms. The summed E-state index contributed by atoms with van der Waals surface area (Å²) in [5.74, 6) is 1.17. The Bertz CT molecular complexity index is 917. The molecule has 166 valence electrons. The van der Waals surface area contributed by atoms with Crippen molar-refractivity contribution in [2.24, 2.45) is 7.05 Å². The third kappa shape index (κ3) is 4.31. The molecule has 2 aromatic heterocycles. The summed E-state index contributed by atoms with van der Waals surface area (Å²) < 4.78 is 7.63. The third-order valence-electron chi connectivity index (χ3n) is 6.74. The lowest BCUT2D eigenvalue weighted by Crippen LogP contribution is -2.46. The SMILES string of the molecule is Cn1cc(-c2ccnc(N3CCCC3)n2)c([C@H]2CCCN(C(=O)[C@H]3CCCCO3)C2)n1. The van der Waals surface area contributed by atoms with Crippen LogP contribution in [0.5, 0.6) is 0 Å². The van der Waals surface area contributed by atoms with E-state index in [-0.39, 0.29) is 17.9 Å². The van der Waals surface area contributed by atoms with Crippen LogP contribution in [0.15, 0.2) is 18.5 Å². The van der Waals surface area contributed by atoms with Gasteiger partial charge in [0.1, 0.15) is 6.10 Å². The van der Waals surface area contributed by atoms with Gasteiger partial charge in [-0.05, 0) is 51.0 Å². The standard InChI is InChI=1S/C23H32N6O2/c1-27-16-18(19-9-10-24-23(25-19)28-11-3-4-12-28)21(26-27)17-7-6-13-29(15-17)22(30)20-8-2-5-14-31-20/h9-10,16-17,20H,2-8,11-15H2,1H3/t17-,20+/m0/s1. The van der Waals surface area contributed by atoms with Gasteiger partial charge in [0.15, 0.2) is 0 Å². The van der Waals surface area contributed by atoms with E-state index in [0.29, 0.717) is 13.2 Å². The lowest BCUT2D eigenvalue weighted by molar-refractivity contribution is -0.147. The maximum atomic E-state index is 13.0. The molecule has 0 bridgehead atoms. The summed E-state index contributed by atoms with van der Waals surface area (Å²) in [5.41, 5.74) is 3.01. The Hall–Kier alpha value is -2.48. The summed E-state index contributed by atoms with van der Waals surface area (Å²) in [6.45, 7) is 4.25. The largest absolute Gasteiger partial charge is 0.368 e. The second kappa shape index (κ2) is 8.94. The van der Waals surface area contributed by atoms with Gasteiger partial charge < -0.3 is 14.5 Å². The molecule has 2 atom stereocenters. The molecule has 0 aromatic carbocycles. The van der Waals surface area contributed by atoms with Crippen molar-refractivity contribution in [1.29, 1.82) is 0 Å². The number of anilines is 1. The number of amides is 1. The second-order valence-corrected chi connectivity index (χ2v) is 9.02. The van der Waals surface area contributed by atoms with E-state index in [1.165, 1.54) is 12.8 Å². The van der Waals surface area contributed by atoms with Crippen molar-refractivity contribution in [3.8, 4) is 11.3 Å². The normalized spacial score (nSPS) is 24.5. The summed E-state index contributed by atoms with van der Waals surface area (Å²) >= 11 is 0. The van der Waals surface area contributed by atoms with Crippen LogP contribution in [0.25, 0.3) is 11.3 Å². The lowest BCUT2D eigenvalue weighted by Gasteiger charge is -2.35. The summed E-state index contributed by atoms with van der Waals surface area (Å²) in [6.07, 6.45) is 11.0. The molecule has 0 N–H and O–H groups in total. The highest BCUT2D eigenvalue weighted by atomic mass is 16.5. The number of carbonyl (C=O) groups is 1. The van der Waals surface area contributed by atoms with Gasteiger partial charge in [-0.2, -0.15) is 5.10 Å². The van der Waals surface area contributed by atoms with Crippen molar-refractivity contribution >= 4 is 11.9 Å². The van der Waals surface area contributed by atoms with Gasteiger partial charge in [-0.1, -0.05) is 0 Å². The summed E-state index contributed by atoms with van der Waals surface area (Å²) in [6, 6.07) is 1.97. The number of hydrogen-bond acceptors (Lipinski definition) is 6. The van der Waals surface area contributed by atoms with Gasteiger partial charge >= 0.3 is 0 Å². The molecule has 3 fully saturated rings. The number of piperidine rings is 1. The van der Waals surface area contributed by atoms with E-state index < -0.39 is 0 Å². The molecule has 5 heterocycles. The smallest absolute Gasteiger partial charge is 0.251 e. The molecule has 0 aliphatic carbocycles. The van der Waals surface area contributed by atoms with E-state index in [4.69, 9.17) is 14.8 Å². The fourth-order valence-electron chi connectivity index (χ4n) is 5.11. The monoisotopic (exact) mass is 424 g/mol. The van der Waals surface area contributed by atoms with Crippen molar-refractivity contribution in [1.82, 2.24) is 24.6 Å². The Morgan fingerprint density at radius 2 is 1.97 bits per heavy atom. The first kappa shape index (κ1) is 20.4. The summed E-state index contributed by atoms with van der Waals surface area (Å²) in [4.78, 5) is 26.7. The Labute approximate surface area is 183 Å². The van der Waals surface area contributed by atoms with Crippen LogP contribution in [0, 0.1) is 0 Å². The van der Waals surface area contributed by atoms with Crippen molar-refractivity contribution in [3.63, 3.8) is 0 Å². The molecule has 8 nitrogen and oxygen atoms in total. The van der Waals surface area contributed by atoms with Crippen LogP contribution in [0.1, 0.15) is 56.6 Å². The number of aryl methyl sites for hydroxylation is 1. The molecule has 2 aromatic rings. The maximum Gasteiger partial charge on any atom is 0.251 e. The van der Waals surface area contributed by atoms with Crippen molar-refractivity contribution in [2.45, 2.75) is 57.0 Å². The Kier molecular flexibility index (Phi) is 5.89. The quantitative estimate of drug-likeness (QED) is 0.751. The average molecular weight is 425 g/mol. The van der Waals surface area contributed by atoms with Crippen molar-refractivity contribution in [2.75, 3.05) is 37.7 Å². The van der Waals surface area contributed by atoms with Gasteiger partial charge in [0, 0.05) is 63.7 Å². The number of aromatic nitrogens is 4. The van der Waals surface area contributed by atoms with Crippen LogP contribution in [-0.2, 0) is 16.6 Å². The molecule has 0 radical (unpaired) electrons. The molecule has 3 aliphatic heterocycles. The van der Waals surface area contributed by atoms with E-state index in [0.717, 1.165) is 74.6 Å². The van der Waals surface area contributed by atoms with E-state index in [1.54, 1.807) is 0 Å². The van der Waals surface area contributed by atoms with Crippen LogP contribution in [-0.4, -0.2) is 69.4 Å². The van der Waals surface area contributed by atoms with Crippen LogP contribution in [0.2, 0.25) is 0 Å². The molecular formula is C23H32N6O2. The predicted octanol–water partition coefficient (Wildman–Crippen LogP) is 2.75. The zero-order valence-electron chi connectivity index (χ0n) is 18.4. The molecule has 0 saturated carbocycles. The molecule has 3 saturated heterocycles. The number of carbonyl (C=O) groups excluding carboxylic acids is 1. The van der Waals surface area contributed by atoms with E-state index in [9.17, 15) is 4.79 Å². The van der Waals surface area contributed by atoms with Gasteiger partial charge in [0.05, 0.1) is 11.4 Å². The number of hydrogen-bond donors (Lipinski definition) is 0. The molecule has 8 heteroatoms. The van der Waals surface area contributed by atoms with Crippen molar-refractivity contribution in [3.05, 3.63) is 24.2 Å². The number of ether oxygens (including phenoxy) is 1. The fourth-order valence-corrected chi connectivity index (χ4v) is 5.11. The summed E-state index contributed by atoms with van der Waals surface area (Å²) in [5, 5.41) is 4.82. The van der Waals surface area contributed by atoms with Crippen molar-refractivity contribution < 1.29 is 9.53 Å². The lowest BCUT2D eigenvalue weighted by atomic mass is 9.91. The molecule has 1 amide bonds. The zero-order valence-corrected chi connectivity index (χ0v) is 18.4. The first-order chi connectivity index (χ1) is 15.2. The number of nitrogens with zero attached hydrogens (tertiary/aromatic N) is 6. The first-order valence-corrected chi connectivity index (χ1v) is 11.7. The highest BCUT2D eigenvalue weighted by molar-refractivity contribution is 5.81. The molecular weight excluding hydrogens is 392 g/mol. The van der Waals surface area contributed by atoms with Gasteiger partial charge in [-0.25, -0.2) is 9.97 Å². The average Bonchev–Trinajstić information content (AvgIpc) is 3.49.